The summed E-state index contributed by atoms with van der Waals surface area (Å²) < 4.78 is 47.1. The fourth-order valence-corrected chi connectivity index (χ4v) is 4.76. The van der Waals surface area contributed by atoms with Gasteiger partial charge in [-0.15, -0.1) is 0 Å². The number of fused-ring (bicyclic) bond motifs is 1. The molecule has 0 amide bonds. The van der Waals surface area contributed by atoms with E-state index in [-0.39, 0.29) is 11.7 Å². The standard InChI is InChI=1S/C25H27F3N6O/c1-5-16-6-7-18(15(3)29-16)19-10-17(34-8-9-35-13-14(34)2)11-20-23(32-33(4)24(19)20)21-12-22(31-30-21)25(26,27)28/h6-7,10-12,14H,5,8-9,13H2,1-4H3,(H,30,31)/t14-/m1/s1. The minimum absolute atomic E-state index is 0.150. The molecule has 5 rings (SSSR count). The van der Waals surface area contributed by atoms with Gasteiger partial charge in [0, 0.05) is 53.2 Å². The molecule has 184 valence electrons. The van der Waals surface area contributed by atoms with Crippen molar-refractivity contribution in [2.24, 2.45) is 7.05 Å². The molecule has 0 saturated carbocycles. The number of nitrogens with zero attached hydrogens (tertiary/aromatic N) is 5. The first-order chi connectivity index (χ1) is 16.7. The quantitative estimate of drug-likeness (QED) is 0.434. The molecule has 0 bridgehead atoms. The number of aromatic amines is 1. The number of nitrogens with one attached hydrogen (secondary N) is 1. The van der Waals surface area contributed by atoms with Crippen molar-refractivity contribution in [3.05, 3.63) is 47.4 Å². The molecule has 35 heavy (non-hydrogen) atoms. The SMILES string of the molecule is CCc1ccc(-c2cc(N3CCOC[C@H]3C)cc3c(-c4cc(C(F)(F)F)[nH]n4)nn(C)c23)c(C)n1. The van der Waals surface area contributed by atoms with Crippen molar-refractivity contribution >= 4 is 16.6 Å². The molecular formula is C25H27F3N6O. The predicted molar refractivity (Wildman–Crippen MR) is 128 cm³/mol. The molecule has 4 heterocycles. The number of aromatic nitrogens is 5. The second-order valence-corrected chi connectivity index (χ2v) is 8.93. The second-order valence-electron chi connectivity index (χ2n) is 8.93. The average Bonchev–Trinajstić information content (AvgIpc) is 3.44. The van der Waals surface area contributed by atoms with Gasteiger partial charge < -0.3 is 9.64 Å². The van der Waals surface area contributed by atoms with Gasteiger partial charge in [0.15, 0.2) is 0 Å². The van der Waals surface area contributed by atoms with E-state index < -0.39 is 11.9 Å². The number of anilines is 1. The van der Waals surface area contributed by atoms with Gasteiger partial charge >= 0.3 is 6.18 Å². The normalized spacial score (nSPS) is 16.9. The lowest BCUT2D eigenvalue weighted by Gasteiger charge is -2.35. The van der Waals surface area contributed by atoms with Crippen molar-refractivity contribution in [1.29, 1.82) is 0 Å². The Kier molecular flexibility index (Phi) is 5.79. The summed E-state index contributed by atoms with van der Waals surface area (Å²) >= 11 is 0. The Morgan fingerprint density at radius 2 is 1.97 bits per heavy atom. The molecule has 1 aliphatic heterocycles. The predicted octanol–water partition coefficient (Wildman–Crippen LogP) is 5.14. The Morgan fingerprint density at radius 3 is 2.63 bits per heavy atom. The highest BCUT2D eigenvalue weighted by Crippen LogP contribution is 2.40. The molecule has 7 nitrogen and oxygen atoms in total. The number of hydrogen-bond acceptors (Lipinski definition) is 5. The van der Waals surface area contributed by atoms with Gasteiger partial charge in [0.2, 0.25) is 0 Å². The van der Waals surface area contributed by atoms with Gasteiger partial charge in [0.25, 0.3) is 0 Å². The molecular weight excluding hydrogens is 457 g/mol. The zero-order chi connectivity index (χ0) is 24.9. The van der Waals surface area contributed by atoms with Gasteiger partial charge in [-0.2, -0.15) is 23.4 Å². The maximum absolute atomic E-state index is 13.3. The summed E-state index contributed by atoms with van der Waals surface area (Å²) in [5, 5.41) is 11.4. The Morgan fingerprint density at radius 1 is 1.17 bits per heavy atom. The molecule has 0 spiro atoms. The highest BCUT2D eigenvalue weighted by Gasteiger charge is 2.34. The number of pyridine rings is 1. The van der Waals surface area contributed by atoms with Crippen LogP contribution in [0.3, 0.4) is 0 Å². The average molecular weight is 485 g/mol. The smallest absolute Gasteiger partial charge is 0.377 e. The van der Waals surface area contributed by atoms with Crippen molar-refractivity contribution in [2.45, 2.75) is 39.4 Å². The van der Waals surface area contributed by atoms with Crippen LogP contribution in [0.2, 0.25) is 0 Å². The van der Waals surface area contributed by atoms with E-state index in [1.54, 1.807) is 11.7 Å². The number of H-pyrrole nitrogens is 1. The third kappa shape index (κ3) is 4.16. The van der Waals surface area contributed by atoms with Crippen molar-refractivity contribution in [1.82, 2.24) is 25.0 Å². The van der Waals surface area contributed by atoms with Crippen LogP contribution >= 0.6 is 0 Å². The number of aryl methyl sites for hydroxylation is 3. The van der Waals surface area contributed by atoms with Gasteiger partial charge in [0.1, 0.15) is 17.1 Å². The topological polar surface area (TPSA) is 71.9 Å². The summed E-state index contributed by atoms with van der Waals surface area (Å²) in [6.45, 7) is 8.07. The summed E-state index contributed by atoms with van der Waals surface area (Å²) in [7, 11) is 1.80. The fraction of sp³-hybridized carbons (Fsp3) is 0.400. The first kappa shape index (κ1) is 23.3. The molecule has 4 aromatic rings. The summed E-state index contributed by atoms with van der Waals surface area (Å²) in [4.78, 5) is 7.01. The Balaban J connectivity index is 1.76. The molecule has 1 saturated heterocycles. The maximum Gasteiger partial charge on any atom is 0.432 e. The number of ether oxygens (including phenoxy) is 1. The molecule has 1 N–H and O–H groups in total. The van der Waals surface area contributed by atoms with E-state index in [1.807, 2.05) is 19.1 Å². The van der Waals surface area contributed by atoms with Crippen LogP contribution in [0.25, 0.3) is 33.4 Å². The number of alkyl halides is 3. The lowest BCUT2D eigenvalue weighted by Crippen LogP contribution is -2.43. The Labute approximate surface area is 200 Å². The van der Waals surface area contributed by atoms with Crippen LogP contribution in [0.15, 0.2) is 30.3 Å². The van der Waals surface area contributed by atoms with E-state index in [1.165, 1.54) is 0 Å². The van der Waals surface area contributed by atoms with Crippen molar-refractivity contribution in [2.75, 3.05) is 24.7 Å². The summed E-state index contributed by atoms with van der Waals surface area (Å²) in [6.07, 6.45) is -3.68. The zero-order valence-electron chi connectivity index (χ0n) is 20.1. The van der Waals surface area contributed by atoms with Crippen molar-refractivity contribution < 1.29 is 17.9 Å². The van der Waals surface area contributed by atoms with Crippen LogP contribution in [-0.4, -0.2) is 50.8 Å². The molecule has 1 aromatic carbocycles. The minimum Gasteiger partial charge on any atom is -0.377 e. The second kappa shape index (κ2) is 8.67. The van der Waals surface area contributed by atoms with Crippen molar-refractivity contribution in [3.63, 3.8) is 0 Å². The molecule has 1 fully saturated rings. The molecule has 3 aromatic heterocycles. The van der Waals surface area contributed by atoms with Crippen LogP contribution in [0.5, 0.6) is 0 Å². The van der Waals surface area contributed by atoms with E-state index >= 15 is 0 Å². The molecule has 10 heteroatoms. The molecule has 1 atom stereocenters. The zero-order valence-corrected chi connectivity index (χ0v) is 20.1. The highest BCUT2D eigenvalue weighted by atomic mass is 19.4. The van der Waals surface area contributed by atoms with Gasteiger partial charge in [0.05, 0.1) is 18.7 Å². The lowest BCUT2D eigenvalue weighted by atomic mass is 9.98. The summed E-state index contributed by atoms with van der Waals surface area (Å²) in [6, 6.07) is 9.35. The van der Waals surface area contributed by atoms with Crippen LogP contribution < -0.4 is 4.90 Å². The first-order valence-electron chi connectivity index (χ1n) is 11.6. The van der Waals surface area contributed by atoms with Crippen molar-refractivity contribution in [3.8, 4) is 22.5 Å². The van der Waals surface area contributed by atoms with E-state index in [0.29, 0.717) is 25.5 Å². The minimum atomic E-state index is -4.51. The lowest BCUT2D eigenvalue weighted by molar-refractivity contribution is -0.141. The number of hydrogen-bond donors (Lipinski definition) is 1. The number of halogens is 3. The number of morpholine rings is 1. The van der Waals surface area contributed by atoms with E-state index in [9.17, 15) is 13.2 Å². The van der Waals surface area contributed by atoms with E-state index in [2.05, 4.69) is 46.2 Å². The number of benzene rings is 1. The van der Waals surface area contributed by atoms with Gasteiger partial charge in [-0.05, 0) is 44.5 Å². The van der Waals surface area contributed by atoms with Gasteiger partial charge in [-0.1, -0.05) is 13.0 Å². The van der Waals surface area contributed by atoms with E-state index in [0.717, 1.165) is 51.6 Å². The monoisotopic (exact) mass is 484 g/mol. The van der Waals surface area contributed by atoms with Gasteiger partial charge in [-0.25, -0.2) is 0 Å². The molecule has 1 aliphatic rings. The van der Waals surface area contributed by atoms with Crippen LogP contribution in [0.4, 0.5) is 18.9 Å². The molecule has 0 radical (unpaired) electrons. The molecule has 0 aliphatic carbocycles. The fourth-order valence-electron chi connectivity index (χ4n) is 4.76. The molecule has 0 unspecified atom stereocenters. The van der Waals surface area contributed by atoms with E-state index in [4.69, 9.17) is 9.72 Å². The summed E-state index contributed by atoms with van der Waals surface area (Å²) in [5.74, 6) is 0. The Hall–Kier alpha value is -3.40. The Bertz CT molecular complexity index is 1390. The third-order valence-electron chi connectivity index (χ3n) is 6.54. The summed E-state index contributed by atoms with van der Waals surface area (Å²) in [5.41, 5.74) is 5.20. The first-order valence-corrected chi connectivity index (χ1v) is 11.6. The van der Waals surface area contributed by atoms with Crippen LogP contribution in [0.1, 0.15) is 30.9 Å². The third-order valence-corrected chi connectivity index (χ3v) is 6.54. The van der Waals surface area contributed by atoms with Crippen LogP contribution in [0, 0.1) is 6.92 Å². The number of rotatable bonds is 4. The van der Waals surface area contributed by atoms with Crippen LogP contribution in [-0.2, 0) is 24.4 Å². The maximum atomic E-state index is 13.3. The highest BCUT2D eigenvalue weighted by molar-refractivity contribution is 6.04. The van der Waals surface area contributed by atoms with Gasteiger partial charge in [-0.3, -0.25) is 14.8 Å². The largest absolute Gasteiger partial charge is 0.432 e.